The second-order valence-electron chi connectivity index (χ2n) is 3.57. The number of hydrogen-bond acceptors (Lipinski definition) is 4. The normalized spacial score (nSPS) is 11.6. The van der Waals surface area contributed by atoms with Gasteiger partial charge in [0.15, 0.2) is 0 Å². The molecule has 1 N–H and O–H groups in total. The molecule has 19 heavy (non-hydrogen) atoms. The Bertz CT molecular complexity index is 655. The Kier molecular flexibility index (Phi) is 3.01. The van der Waals surface area contributed by atoms with Crippen molar-refractivity contribution in [3.05, 3.63) is 29.7 Å². The molecule has 0 unspecified atom stereocenters. The van der Waals surface area contributed by atoms with Crippen LogP contribution in [-0.2, 0) is 6.18 Å². The lowest BCUT2D eigenvalue weighted by molar-refractivity contribution is -0.144. The average molecular weight is 272 g/mol. The summed E-state index contributed by atoms with van der Waals surface area (Å²) in [4.78, 5) is 17.5. The summed E-state index contributed by atoms with van der Waals surface area (Å²) in [5.74, 6) is -2.58. The molecule has 100 valence electrons. The van der Waals surface area contributed by atoms with Gasteiger partial charge in [-0.3, -0.25) is 0 Å². The van der Waals surface area contributed by atoms with Crippen molar-refractivity contribution in [2.24, 2.45) is 0 Å². The number of methoxy groups -OCH3 is 1. The zero-order valence-corrected chi connectivity index (χ0v) is 9.52. The molecule has 1 heterocycles. The number of hydrogen-bond donors (Lipinski definition) is 1. The largest absolute Gasteiger partial charge is 0.494 e. The van der Waals surface area contributed by atoms with Gasteiger partial charge in [-0.2, -0.15) is 13.2 Å². The number of fused-ring (bicyclic) bond motifs is 1. The molecule has 8 heteroatoms. The van der Waals surface area contributed by atoms with Gasteiger partial charge in [0.05, 0.1) is 12.7 Å². The molecule has 0 amide bonds. The molecule has 0 radical (unpaired) electrons. The quantitative estimate of drug-likeness (QED) is 0.908. The van der Waals surface area contributed by atoms with Crippen molar-refractivity contribution in [3.8, 4) is 5.75 Å². The molecule has 0 fully saturated rings. The SMILES string of the molecule is COc1ccc(C(=O)O)c2cnc(C(F)(F)F)nc12. The van der Waals surface area contributed by atoms with Crippen molar-refractivity contribution in [1.29, 1.82) is 0 Å². The molecule has 0 atom stereocenters. The van der Waals surface area contributed by atoms with E-state index < -0.39 is 18.0 Å². The summed E-state index contributed by atoms with van der Waals surface area (Å²) in [6, 6.07) is 2.47. The van der Waals surface area contributed by atoms with Crippen molar-refractivity contribution < 1.29 is 27.8 Å². The van der Waals surface area contributed by atoms with Crippen molar-refractivity contribution in [1.82, 2.24) is 9.97 Å². The molecule has 0 aliphatic carbocycles. The summed E-state index contributed by atoms with van der Waals surface area (Å²) < 4.78 is 42.5. The minimum atomic E-state index is -4.71. The third-order valence-corrected chi connectivity index (χ3v) is 2.42. The Balaban J connectivity index is 2.80. The minimum Gasteiger partial charge on any atom is -0.494 e. The van der Waals surface area contributed by atoms with Gasteiger partial charge < -0.3 is 9.84 Å². The number of ether oxygens (including phenoxy) is 1. The van der Waals surface area contributed by atoms with Gasteiger partial charge in [-0.25, -0.2) is 14.8 Å². The number of carbonyl (C=O) groups is 1. The number of nitrogens with zero attached hydrogens (tertiary/aromatic N) is 2. The first-order valence-electron chi connectivity index (χ1n) is 4.99. The maximum absolute atomic E-state index is 12.5. The Labute approximate surface area is 104 Å². The Morgan fingerprint density at radius 2 is 2.05 bits per heavy atom. The molecule has 0 aliphatic rings. The van der Waals surface area contributed by atoms with Crippen LogP contribution in [0.1, 0.15) is 16.2 Å². The van der Waals surface area contributed by atoms with Crippen molar-refractivity contribution in [2.75, 3.05) is 7.11 Å². The first-order valence-corrected chi connectivity index (χ1v) is 4.99. The van der Waals surface area contributed by atoms with Gasteiger partial charge in [-0.1, -0.05) is 0 Å². The van der Waals surface area contributed by atoms with Crippen molar-refractivity contribution >= 4 is 16.9 Å². The minimum absolute atomic E-state index is 0.0140. The van der Waals surface area contributed by atoms with Crippen LogP contribution in [0.3, 0.4) is 0 Å². The fourth-order valence-electron chi connectivity index (χ4n) is 1.58. The second kappa shape index (κ2) is 4.38. The smallest absolute Gasteiger partial charge is 0.451 e. The third-order valence-electron chi connectivity index (χ3n) is 2.42. The van der Waals surface area contributed by atoms with Gasteiger partial charge in [0.1, 0.15) is 11.3 Å². The summed E-state index contributed by atoms with van der Waals surface area (Å²) >= 11 is 0. The summed E-state index contributed by atoms with van der Waals surface area (Å²) in [7, 11) is 1.25. The Morgan fingerprint density at radius 3 is 2.58 bits per heavy atom. The average Bonchev–Trinajstić information content (AvgIpc) is 2.35. The summed E-state index contributed by atoms with van der Waals surface area (Å²) in [5, 5.41) is 8.94. The van der Waals surface area contributed by atoms with E-state index in [0.717, 1.165) is 6.20 Å². The fourth-order valence-corrected chi connectivity index (χ4v) is 1.58. The molecular formula is C11H7F3N2O3. The van der Waals surface area contributed by atoms with Crippen LogP contribution in [0, 0.1) is 0 Å². The first kappa shape index (κ1) is 13.1. The zero-order valence-electron chi connectivity index (χ0n) is 9.52. The maximum Gasteiger partial charge on any atom is 0.451 e. The van der Waals surface area contributed by atoms with E-state index in [4.69, 9.17) is 9.84 Å². The molecular weight excluding hydrogens is 265 g/mol. The lowest BCUT2D eigenvalue weighted by Crippen LogP contribution is -2.11. The molecule has 2 rings (SSSR count). The van der Waals surface area contributed by atoms with E-state index in [9.17, 15) is 18.0 Å². The van der Waals surface area contributed by atoms with Crippen LogP contribution in [0.15, 0.2) is 18.3 Å². The van der Waals surface area contributed by atoms with Crippen molar-refractivity contribution in [2.45, 2.75) is 6.18 Å². The highest BCUT2D eigenvalue weighted by atomic mass is 19.4. The monoisotopic (exact) mass is 272 g/mol. The van der Waals surface area contributed by atoms with Crippen LogP contribution < -0.4 is 4.74 Å². The van der Waals surface area contributed by atoms with Gasteiger partial charge in [-0.05, 0) is 12.1 Å². The van der Waals surface area contributed by atoms with E-state index in [2.05, 4.69) is 9.97 Å². The molecule has 0 bridgehead atoms. The predicted octanol–water partition coefficient (Wildman–Crippen LogP) is 2.36. The van der Waals surface area contributed by atoms with Gasteiger partial charge in [0.2, 0.25) is 5.82 Å². The molecule has 0 spiro atoms. The maximum atomic E-state index is 12.5. The third kappa shape index (κ3) is 2.28. The highest BCUT2D eigenvalue weighted by Gasteiger charge is 2.35. The predicted molar refractivity (Wildman–Crippen MR) is 58.1 cm³/mol. The number of rotatable bonds is 2. The lowest BCUT2D eigenvalue weighted by Gasteiger charge is -2.09. The van der Waals surface area contributed by atoms with Crippen LogP contribution in [0.2, 0.25) is 0 Å². The van der Waals surface area contributed by atoms with Crippen LogP contribution in [0.25, 0.3) is 10.9 Å². The second-order valence-corrected chi connectivity index (χ2v) is 3.57. The van der Waals surface area contributed by atoms with E-state index >= 15 is 0 Å². The number of carboxylic acids is 1. The van der Waals surface area contributed by atoms with Gasteiger partial charge >= 0.3 is 12.1 Å². The zero-order chi connectivity index (χ0) is 14.2. The summed E-state index contributed by atoms with van der Waals surface area (Å²) in [5.41, 5.74) is -0.380. The summed E-state index contributed by atoms with van der Waals surface area (Å²) in [6.07, 6.45) is -3.88. The molecule has 2 aromatic rings. The van der Waals surface area contributed by atoms with Gasteiger partial charge in [0, 0.05) is 11.6 Å². The number of benzene rings is 1. The topological polar surface area (TPSA) is 72.3 Å². The van der Waals surface area contributed by atoms with Crippen LogP contribution in [0.5, 0.6) is 5.75 Å². The molecule has 0 saturated carbocycles. The van der Waals surface area contributed by atoms with Gasteiger partial charge in [0.25, 0.3) is 0 Å². The molecule has 1 aromatic heterocycles. The van der Waals surface area contributed by atoms with Crippen LogP contribution in [-0.4, -0.2) is 28.2 Å². The van der Waals surface area contributed by atoms with E-state index in [1.165, 1.54) is 19.2 Å². The highest BCUT2D eigenvalue weighted by molar-refractivity contribution is 6.03. The van der Waals surface area contributed by atoms with E-state index in [-0.39, 0.29) is 22.2 Å². The molecule has 5 nitrogen and oxygen atoms in total. The number of halogens is 3. The van der Waals surface area contributed by atoms with Gasteiger partial charge in [-0.15, -0.1) is 0 Å². The molecule has 1 aromatic carbocycles. The standard InChI is InChI=1S/C11H7F3N2O3/c1-19-7-3-2-5(9(17)18)6-4-15-10(11(12,13)14)16-8(6)7/h2-4H,1H3,(H,17,18). The molecule has 0 aliphatic heterocycles. The first-order chi connectivity index (χ1) is 8.84. The highest BCUT2D eigenvalue weighted by Crippen LogP contribution is 2.31. The molecule has 0 saturated heterocycles. The fraction of sp³-hybridized carbons (Fsp3) is 0.182. The van der Waals surface area contributed by atoms with Crippen LogP contribution in [0.4, 0.5) is 13.2 Å². The number of aromatic nitrogens is 2. The Morgan fingerprint density at radius 1 is 1.37 bits per heavy atom. The Hall–Kier alpha value is -2.38. The number of alkyl halides is 3. The van der Waals surface area contributed by atoms with E-state index in [1.54, 1.807) is 0 Å². The number of aromatic carboxylic acids is 1. The number of carboxylic acid groups (broad SMARTS) is 1. The van der Waals surface area contributed by atoms with Crippen molar-refractivity contribution in [3.63, 3.8) is 0 Å². The van der Waals surface area contributed by atoms with E-state index in [0.29, 0.717) is 0 Å². The lowest BCUT2D eigenvalue weighted by atomic mass is 10.1. The van der Waals surface area contributed by atoms with E-state index in [1.807, 2.05) is 0 Å². The van der Waals surface area contributed by atoms with Crippen LogP contribution >= 0.6 is 0 Å². The summed E-state index contributed by atoms with van der Waals surface area (Å²) in [6.45, 7) is 0.